The molecular weight excluding hydrogens is 314 g/mol. The molecule has 0 fully saturated rings. The Balaban J connectivity index is 1.89. The van der Waals surface area contributed by atoms with Gasteiger partial charge in [0.2, 0.25) is 0 Å². The molecule has 1 aromatic heterocycles. The van der Waals surface area contributed by atoms with Gasteiger partial charge in [-0.25, -0.2) is 14.8 Å². The van der Waals surface area contributed by atoms with Gasteiger partial charge in [0.15, 0.2) is 0 Å². The van der Waals surface area contributed by atoms with Crippen LogP contribution in [0.3, 0.4) is 0 Å². The highest BCUT2D eigenvalue weighted by Gasteiger charge is 2.15. The van der Waals surface area contributed by atoms with E-state index in [-0.39, 0.29) is 0 Å². The summed E-state index contributed by atoms with van der Waals surface area (Å²) in [7, 11) is 0. The number of hydrogen-bond acceptors (Lipinski definition) is 4. The molecule has 1 aromatic carbocycles. The van der Waals surface area contributed by atoms with Crippen molar-refractivity contribution in [1.29, 1.82) is 0 Å². The van der Waals surface area contributed by atoms with Crippen LogP contribution in [0.25, 0.3) is 10.9 Å². The van der Waals surface area contributed by atoms with Gasteiger partial charge in [0.1, 0.15) is 17.1 Å². The van der Waals surface area contributed by atoms with E-state index < -0.39 is 11.7 Å². The number of aromatic nitrogens is 2. The first kappa shape index (κ1) is 17.0. The van der Waals surface area contributed by atoms with Gasteiger partial charge in [-0.15, -0.1) is 0 Å². The summed E-state index contributed by atoms with van der Waals surface area (Å²) in [5.74, 6) is 6.04. The second-order valence-electron chi connectivity index (χ2n) is 5.88. The minimum atomic E-state index is -0.496. The van der Waals surface area contributed by atoms with Gasteiger partial charge < -0.3 is 10.1 Å². The first-order chi connectivity index (χ1) is 10.8. The lowest BCUT2D eigenvalue weighted by Gasteiger charge is -2.19. The van der Waals surface area contributed by atoms with Crippen LogP contribution in [0.2, 0.25) is 5.15 Å². The molecule has 6 heteroatoms. The minimum Gasteiger partial charge on any atom is -0.444 e. The maximum Gasteiger partial charge on any atom is 0.407 e. The quantitative estimate of drug-likeness (QED) is 0.519. The summed E-state index contributed by atoms with van der Waals surface area (Å²) in [5, 5.41) is 3.89. The van der Waals surface area contributed by atoms with Crippen LogP contribution in [0.4, 0.5) is 4.79 Å². The van der Waals surface area contributed by atoms with Gasteiger partial charge in [0, 0.05) is 23.9 Å². The zero-order valence-electron chi connectivity index (χ0n) is 13.3. The third-order valence-corrected chi connectivity index (χ3v) is 3.04. The number of benzene rings is 1. The van der Waals surface area contributed by atoms with Crippen molar-refractivity contribution in [2.24, 2.45) is 0 Å². The van der Waals surface area contributed by atoms with Crippen LogP contribution in [0, 0.1) is 11.8 Å². The summed E-state index contributed by atoms with van der Waals surface area (Å²) in [5.41, 5.74) is 1.09. The van der Waals surface area contributed by atoms with Crippen LogP contribution in [0.5, 0.6) is 0 Å². The Morgan fingerprint density at radius 2 is 2.13 bits per heavy atom. The second-order valence-corrected chi connectivity index (χ2v) is 6.23. The van der Waals surface area contributed by atoms with E-state index >= 15 is 0 Å². The van der Waals surface area contributed by atoms with Crippen LogP contribution >= 0.6 is 11.6 Å². The average Bonchev–Trinajstić information content (AvgIpc) is 2.45. The van der Waals surface area contributed by atoms with Crippen LogP contribution in [-0.2, 0) is 4.74 Å². The predicted octanol–water partition coefficient (Wildman–Crippen LogP) is 3.55. The third kappa shape index (κ3) is 5.42. The molecule has 1 amide bonds. The third-order valence-electron chi connectivity index (χ3n) is 2.74. The largest absolute Gasteiger partial charge is 0.444 e. The fourth-order valence-electron chi connectivity index (χ4n) is 1.81. The molecular formula is C17H18ClN3O2. The van der Waals surface area contributed by atoms with E-state index in [1.54, 1.807) is 0 Å². The summed E-state index contributed by atoms with van der Waals surface area (Å²) in [4.78, 5) is 19.6. The van der Waals surface area contributed by atoms with Crippen LogP contribution in [0.1, 0.15) is 32.8 Å². The highest BCUT2D eigenvalue weighted by Crippen LogP contribution is 2.19. The van der Waals surface area contributed by atoms with Gasteiger partial charge in [0.25, 0.3) is 0 Å². The number of rotatable bonds is 2. The number of ether oxygens (including phenoxy) is 1. The molecule has 2 aromatic rings. The van der Waals surface area contributed by atoms with Gasteiger partial charge in [-0.05, 0) is 39.0 Å². The van der Waals surface area contributed by atoms with Crippen molar-refractivity contribution < 1.29 is 9.53 Å². The number of alkyl carbamates (subject to hydrolysis) is 1. The normalized spacial score (nSPS) is 10.8. The molecule has 0 unspecified atom stereocenters. The van der Waals surface area contributed by atoms with Crippen molar-refractivity contribution in [1.82, 2.24) is 15.3 Å². The molecule has 0 aliphatic heterocycles. The Morgan fingerprint density at radius 1 is 1.35 bits per heavy atom. The van der Waals surface area contributed by atoms with Crippen LogP contribution in [0.15, 0.2) is 24.5 Å². The molecule has 0 saturated carbocycles. The highest BCUT2D eigenvalue weighted by molar-refractivity contribution is 6.34. The maximum atomic E-state index is 11.5. The lowest BCUT2D eigenvalue weighted by atomic mass is 10.1. The molecule has 1 N–H and O–H groups in total. The fraction of sp³-hybridized carbons (Fsp3) is 0.353. The van der Waals surface area contributed by atoms with E-state index in [0.29, 0.717) is 18.1 Å². The molecule has 23 heavy (non-hydrogen) atoms. The first-order valence-electron chi connectivity index (χ1n) is 7.21. The van der Waals surface area contributed by atoms with E-state index in [1.807, 2.05) is 39.0 Å². The average molecular weight is 332 g/mol. The lowest BCUT2D eigenvalue weighted by Crippen LogP contribution is -2.32. The number of carbonyl (C=O) groups is 1. The molecule has 5 nitrogen and oxygen atoms in total. The number of nitrogens with one attached hydrogen (secondary N) is 1. The molecule has 2 rings (SSSR count). The number of halogens is 1. The van der Waals surface area contributed by atoms with E-state index in [1.165, 1.54) is 6.33 Å². The highest BCUT2D eigenvalue weighted by atomic mass is 35.5. The van der Waals surface area contributed by atoms with Crippen molar-refractivity contribution in [3.05, 3.63) is 35.2 Å². The monoisotopic (exact) mass is 331 g/mol. The Kier molecular flexibility index (Phi) is 5.41. The van der Waals surface area contributed by atoms with Gasteiger partial charge in [-0.1, -0.05) is 23.4 Å². The van der Waals surface area contributed by atoms with Gasteiger partial charge >= 0.3 is 6.09 Å². The topological polar surface area (TPSA) is 64.1 Å². The molecule has 0 saturated heterocycles. The van der Waals surface area contributed by atoms with Crippen molar-refractivity contribution in [2.45, 2.75) is 32.8 Å². The zero-order chi connectivity index (χ0) is 16.9. The van der Waals surface area contributed by atoms with Gasteiger partial charge in [0.05, 0.1) is 5.52 Å². The number of carbonyl (C=O) groups excluding carboxylic acids is 1. The predicted molar refractivity (Wildman–Crippen MR) is 90.3 cm³/mol. The standard InChI is InChI=1S/C17H18ClN3O2/c1-17(2,3)23-16(22)19-9-5-4-6-12-7-8-13-14(10-12)20-11-21-15(13)18/h7-8,10-11H,5,9H2,1-3H3,(H,19,22). The smallest absolute Gasteiger partial charge is 0.407 e. The molecule has 0 atom stereocenters. The second kappa shape index (κ2) is 7.30. The molecule has 0 bridgehead atoms. The van der Waals surface area contributed by atoms with Crippen molar-refractivity contribution in [2.75, 3.05) is 6.54 Å². The number of fused-ring (bicyclic) bond motifs is 1. The number of nitrogens with zero attached hydrogens (tertiary/aromatic N) is 2. The Labute approximate surface area is 140 Å². The summed E-state index contributed by atoms with van der Waals surface area (Å²) in [6.07, 6.45) is 1.52. The molecule has 0 spiro atoms. The maximum absolute atomic E-state index is 11.5. The lowest BCUT2D eigenvalue weighted by molar-refractivity contribution is 0.0529. The fourth-order valence-corrected chi connectivity index (χ4v) is 2.01. The minimum absolute atomic E-state index is 0.427. The molecule has 0 radical (unpaired) electrons. The van der Waals surface area contributed by atoms with Crippen molar-refractivity contribution in [3.63, 3.8) is 0 Å². The van der Waals surface area contributed by atoms with E-state index in [9.17, 15) is 4.79 Å². The van der Waals surface area contributed by atoms with E-state index in [0.717, 1.165) is 16.5 Å². The van der Waals surface area contributed by atoms with Gasteiger partial charge in [-0.2, -0.15) is 0 Å². The summed E-state index contributed by atoms with van der Waals surface area (Å²) in [6, 6.07) is 5.57. The molecule has 0 aliphatic carbocycles. The van der Waals surface area contributed by atoms with E-state index in [2.05, 4.69) is 27.1 Å². The Bertz CT molecular complexity index is 773. The molecule has 120 valence electrons. The Hall–Kier alpha value is -2.32. The number of amides is 1. The Morgan fingerprint density at radius 3 is 2.87 bits per heavy atom. The van der Waals surface area contributed by atoms with Crippen LogP contribution in [-0.4, -0.2) is 28.2 Å². The first-order valence-corrected chi connectivity index (χ1v) is 7.59. The zero-order valence-corrected chi connectivity index (χ0v) is 14.1. The summed E-state index contributed by atoms with van der Waals surface area (Å²) < 4.78 is 5.14. The summed E-state index contributed by atoms with van der Waals surface area (Å²) >= 11 is 5.99. The van der Waals surface area contributed by atoms with Gasteiger partial charge in [-0.3, -0.25) is 0 Å². The molecule has 1 heterocycles. The van der Waals surface area contributed by atoms with Crippen molar-refractivity contribution in [3.8, 4) is 11.8 Å². The summed E-state index contributed by atoms with van der Waals surface area (Å²) in [6.45, 7) is 5.90. The number of hydrogen-bond donors (Lipinski definition) is 1. The SMILES string of the molecule is CC(C)(C)OC(=O)NCCC#Cc1ccc2c(Cl)ncnc2c1. The van der Waals surface area contributed by atoms with Crippen LogP contribution < -0.4 is 5.32 Å². The van der Waals surface area contributed by atoms with Crippen molar-refractivity contribution >= 4 is 28.6 Å². The molecule has 0 aliphatic rings. The van der Waals surface area contributed by atoms with E-state index in [4.69, 9.17) is 16.3 Å².